The molecule has 1 spiro atoms. The maximum Gasteiger partial charge on any atom is 0.309 e. The first-order valence-electron chi connectivity index (χ1n) is 11.5. The summed E-state index contributed by atoms with van der Waals surface area (Å²) in [5.74, 6) is -0.262. The zero-order valence-electron chi connectivity index (χ0n) is 18.9. The molecule has 3 aliphatic heterocycles. The van der Waals surface area contributed by atoms with Gasteiger partial charge in [-0.15, -0.1) is 11.8 Å². The number of likely N-dealkylation sites (tertiary alicyclic amines) is 1. The molecular formula is C25H26ClN3O4S. The molecule has 5 rings (SSSR count). The van der Waals surface area contributed by atoms with E-state index >= 15 is 0 Å². The zero-order chi connectivity index (χ0) is 23.9. The zero-order valence-corrected chi connectivity index (χ0v) is 20.5. The number of para-hydroxylation sites is 1. The van der Waals surface area contributed by atoms with E-state index in [1.165, 1.54) is 11.8 Å². The van der Waals surface area contributed by atoms with Crippen LogP contribution in [-0.4, -0.2) is 54.8 Å². The highest BCUT2D eigenvalue weighted by molar-refractivity contribution is 8.02. The van der Waals surface area contributed by atoms with Crippen LogP contribution >= 0.6 is 23.4 Å². The van der Waals surface area contributed by atoms with E-state index in [2.05, 4.69) is 4.90 Å². The highest BCUT2D eigenvalue weighted by Gasteiger charge is 2.61. The topological polar surface area (TPSA) is 70.2 Å². The molecule has 0 radical (unpaired) electrons. The number of thioether (sulfide) groups is 1. The first-order chi connectivity index (χ1) is 16.5. The van der Waals surface area contributed by atoms with E-state index in [-0.39, 0.29) is 29.5 Å². The second-order valence-electron chi connectivity index (χ2n) is 8.68. The molecule has 0 aliphatic carbocycles. The van der Waals surface area contributed by atoms with Gasteiger partial charge in [-0.3, -0.25) is 29.1 Å². The van der Waals surface area contributed by atoms with Gasteiger partial charge in [0.15, 0.2) is 0 Å². The van der Waals surface area contributed by atoms with Gasteiger partial charge in [0.05, 0.1) is 30.6 Å². The van der Waals surface area contributed by atoms with Gasteiger partial charge in [0.2, 0.25) is 10.8 Å². The molecule has 2 aromatic rings. The van der Waals surface area contributed by atoms with Crippen molar-refractivity contribution in [2.75, 3.05) is 41.9 Å². The van der Waals surface area contributed by atoms with Gasteiger partial charge in [-0.25, -0.2) is 0 Å². The van der Waals surface area contributed by atoms with Gasteiger partial charge in [-0.2, -0.15) is 0 Å². The van der Waals surface area contributed by atoms with Crippen molar-refractivity contribution in [3.8, 4) is 0 Å². The number of carbonyl (C=O) groups excluding carboxylic acids is 3. The average molecular weight is 500 g/mol. The van der Waals surface area contributed by atoms with Crippen LogP contribution in [0.2, 0.25) is 5.02 Å². The SMILES string of the molecule is CCOC(=O)C1CCN(CN2C(=O)C3(SCC(=O)N3c3cccc(Cl)c3)c3ccccc32)CC1. The second kappa shape index (κ2) is 9.24. The Morgan fingerprint density at radius 1 is 1.15 bits per heavy atom. The molecule has 0 aromatic heterocycles. The lowest BCUT2D eigenvalue weighted by molar-refractivity contribution is -0.149. The highest BCUT2D eigenvalue weighted by atomic mass is 35.5. The highest BCUT2D eigenvalue weighted by Crippen LogP contribution is 2.55. The van der Waals surface area contributed by atoms with Crippen molar-refractivity contribution < 1.29 is 19.1 Å². The smallest absolute Gasteiger partial charge is 0.309 e. The molecule has 2 aromatic carbocycles. The molecule has 34 heavy (non-hydrogen) atoms. The van der Waals surface area contributed by atoms with Crippen LogP contribution in [0.1, 0.15) is 25.3 Å². The third-order valence-electron chi connectivity index (χ3n) is 6.68. The predicted molar refractivity (Wildman–Crippen MR) is 133 cm³/mol. The summed E-state index contributed by atoms with van der Waals surface area (Å²) in [6.45, 7) is 4.02. The third kappa shape index (κ3) is 3.78. The fourth-order valence-corrected chi connectivity index (χ4v) is 6.63. The van der Waals surface area contributed by atoms with Crippen LogP contribution in [0.4, 0.5) is 11.4 Å². The molecule has 1 atom stereocenters. The molecule has 7 nitrogen and oxygen atoms in total. The Morgan fingerprint density at radius 3 is 2.65 bits per heavy atom. The number of benzene rings is 2. The first-order valence-corrected chi connectivity index (χ1v) is 12.8. The van der Waals surface area contributed by atoms with E-state index in [1.807, 2.05) is 37.3 Å². The number of anilines is 2. The normalized spacial score (nSPS) is 23.1. The molecule has 2 saturated heterocycles. The van der Waals surface area contributed by atoms with Crippen LogP contribution in [0.25, 0.3) is 0 Å². The fraction of sp³-hybridized carbons (Fsp3) is 0.400. The molecule has 178 valence electrons. The van der Waals surface area contributed by atoms with Crippen LogP contribution in [0.3, 0.4) is 0 Å². The Balaban J connectivity index is 1.43. The van der Waals surface area contributed by atoms with Crippen LogP contribution in [0.15, 0.2) is 48.5 Å². The number of hydrogen-bond donors (Lipinski definition) is 0. The van der Waals surface area contributed by atoms with Crippen molar-refractivity contribution in [3.63, 3.8) is 0 Å². The maximum absolute atomic E-state index is 14.1. The first kappa shape index (κ1) is 23.2. The number of piperidine rings is 1. The predicted octanol–water partition coefficient (Wildman–Crippen LogP) is 3.85. The van der Waals surface area contributed by atoms with Crippen LogP contribution in [0.5, 0.6) is 0 Å². The van der Waals surface area contributed by atoms with Crippen molar-refractivity contribution >= 4 is 52.5 Å². The Bertz CT molecular complexity index is 1140. The summed E-state index contributed by atoms with van der Waals surface area (Å²) in [4.78, 5) is 43.7. The molecular weight excluding hydrogens is 474 g/mol. The number of hydrogen-bond acceptors (Lipinski definition) is 6. The standard InChI is InChI=1S/C25H26ClN3O4S/c1-2-33-23(31)17-10-12-27(13-11-17)16-28-21-9-4-3-8-20(21)25(24(28)32)29(22(30)15-34-25)19-7-5-6-18(26)14-19/h3-9,14,17H,2,10-13,15-16H2,1H3. The molecule has 1 unspecified atom stereocenters. The molecule has 9 heteroatoms. The molecule has 0 N–H and O–H groups in total. The summed E-state index contributed by atoms with van der Waals surface area (Å²) in [5.41, 5.74) is 2.24. The number of nitrogens with zero attached hydrogens (tertiary/aromatic N) is 3. The summed E-state index contributed by atoms with van der Waals surface area (Å²) in [5, 5.41) is 0.511. The Labute approximate surface area is 208 Å². The Morgan fingerprint density at radius 2 is 1.91 bits per heavy atom. The van der Waals surface area contributed by atoms with Gasteiger partial charge in [-0.1, -0.05) is 35.9 Å². The van der Waals surface area contributed by atoms with Gasteiger partial charge in [-0.05, 0) is 44.0 Å². The largest absolute Gasteiger partial charge is 0.466 e. The minimum atomic E-state index is -1.15. The van der Waals surface area contributed by atoms with E-state index < -0.39 is 4.87 Å². The van der Waals surface area contributed by atoms with Crippen LogP contribution in [-0.2, 0) is 24.0 Å². The van der Waals surface area contributed by atoms with Crippen molar-refractivity contribution in [1.29, 1.82) is 0 Å². The molecule has 3 aliphatic rings. The molecule has 0 bridgehead atoms. The summed E-state index contributed by atoms with van der Waals surface area (Å²) < 4.78 is 5.18. The number of halogens is 1. The van der Waals surface area contributed by atoms with E-state index in [0.29, 0.717) is 49.9 Å². The lowest BCUT2D eigenvalue weighted by atomic mass is 9.97. The second-order valence-corrected chi connectivity index (χ2v) is 10.3. The summed E-state index contributed by atoms with van der Waals surface area (Å²) in [6, 6.07) is 14.8. The number of fused-ring (bicyclic) bond motifs is 2. The molecule has 2 fully saturated rings. The number of carbonyl (C=O) groups is 3. The van der Waals surface area contributed by atoms with Crippen molar-refractivity contribution in [2.24, 2.45) is 5.92 Å². The van der Waals surface area contributed by atoms with E-state index in [9.17, 15) is 14.4 Å². The van der Waals surface area contributed by atoms with Gasteiger partial charge in [0, 0.05) is 29.4 Å². The lowest BCUT2D eigenvalue weighted by Crippen LogP contribution is -2.52. The van der Waals surface area contributed by atoms with Crippen molar-refractivity contribution in [3.05, 3.63) is 59.1 Å². The lowest BCUT2D eigenvalue weighted by Gasteiger charge is -2.36. The monoisotopic (exact) mass is 499 g/mol. The maximum atomic E-state index is 14.1. The van der Waals surface area contributed by atoms with Crippen LogP contribution < -0.4 is 9.80 Å². The van der Waals surface area contributed by atoms with E-state index in [0.717, 1.165) is 11.3 Å². The summed E-state index contributed by atoms with van der Waals surface area (Å²) in [6.07, 6.45) is 1.41. The Hall–Kier alpha value is -2.55. The summed E-state index contributed by atoms with van der Waals surface area (Å²) in [7, 11) is 0. The minimum Gasteiger partial charge on any atom is -0.466 e. The average Bonchev–Trinajstić information content (AvgIpc) is 3.30. The number of amides is 2. The molecule has 3 heterocycles. The van der Waals surface area contributed by atoms with Crippen LogP contribution in [0, 0.1) is 5.92 Å². The Kier molecular flexibility index (Phi) is 6.31. The van der Waals surface area contributed by atoms with E-state index in [4.69, 9.17) is 16.3 Å². The summed E-state index contributed by atoms with van der Waals surface area (Å²) >= 11 is 7.59. The minimum absolute atomic E-state index is 0.0922. The third-order valence-corrected chi connectivity index (χ3v) is 8.30. The van der Waals surface area contributed by atoms with E-state index in [1.54, 1.807) is 28.0 Å². The van der Waals surface area contributed by atoms with Gasteiger partial charge in [0.1, 0.15) is 0 Å². The van der Waals surface area contributed by atoms with Gasteiger partial charge in [0.25, 0.3) is 5.91 Å². The number of ether oxygens (including phenoxy) is 1. The molecule has 0 saturated carbocycles. The van der Waals surface area contributed by atoms with Crippen molar-refractivity contribution in [1.82, 2.24) is 4.90 Å². The quantitative estimate of drug-likeness (QED) is 0.582. The molecule has 2 amide bonds. The van der Waals surface area contributed by atoms with Gasteiger partial charge < -0.3 is 4.74 Å². The number of rotatable bonds is 5. The van der Waals surface area contributed by atoms with Crippen molar-refractivity contribution in [2.45, 2.75) is 24.6 Å². The van der Waals surface area contributed by atoms with Gasteiger partial charge >= 0.3 is 5.97 Å². The fourth-order valence-electron chi connectivity index (χ4n) is 5.08. The number of esters is 1.